The van der Waals surface area contributed by atoms with Crippen LogP contribution in [0.5, 0.6) is 0 Å². The van der Waals surface area contributed by atoms with E-state index in [1.807, 2.05) is 37.3 Å². The van der Waals surface area contributed by atoms with Gasteiger partial charge in [0, 0.05) is 12.6 Å². The van der Waals surface area contributed by atoms with Crippen LogP contribution in [0.25, 0.3) is 11.1 Å². The fourth-order valence-corrected chi connectivity index (χ4v) is 3.92. The van der Waals surface area contributed by atoms with E-state index in [4.69, 9.17) is 4.42 Å². The van der Waals surface area contributed by atoms with E-state index < -0.39 is 21.7 Å². The maximum atomic E-state index is 12.6. The number of oxazole rings is 1. The molecule has 28 heavy (non-hydrogen) atoms. The van der Waals surface area contributed by atoms with Gasteiger partial charge in [0.15, 0.2) is 5.58 Å². The van der Waals surface area contributed by atoms with Crippen molar-refractivity contribution in [2.24, 2.45) is 0 Å². The Morgan fingerprint density at radius 3 is 2.61 bits per heavy atom. The zero-order chi connectivity index (χ0) is 20.3. The third kappa shape index (κ3) is 4.15. The molecule has 1 heterocycles. The molecule has 0 aliphatic heterocycles. The summed E-state index contributed by atoms with van der Waals surface area (Å²) in [7, 11) is -2.59. The van der Waals surface area contributed by atoms with Gasteiger partial charge >= 0.3 is 11.7 Å². The number of nitrogens with one attached hydrogen (secondary N) is 1. The van der Waals surface area contributed by atoms with Gasteiger partial charge in [0.1, 0.15) is 6.54 Å². The van der Waals surface area contributed by atoms with Crippen molar-refractivity contribution in [1.29, 1.82) is 0 Å². The SMILES string of the molecule is COC(=O)Cn1c(=O)oc2cc(S(=O)(=O)NC[C@H](C)c3ccccc3)ccc21. The molecule has 1 N–H and O–H groups in total. The van der Waals surface area contributed by atoms with Gasteiger partial charge in [0.05, 0.1) is 17.5 Å². The van der Waals surface area contributed by atoms with Crippen LogP contribution in [0.1, 0.15) is 18.4 Å². The summed E-state index contributed by atoms with van der Waals surface area (Å²) in [5.41, 5.74) is 1.41. The largest absolute Gasteiger partial charge is 0.468 e. The summed E-state index contributed by atoms with van der Waals surface area (Å²) in [6.07, 6.45) is 0. The molecule has 0 spiro atoms. The fourth-order valence-electron chi connectivity index (χ4n) is 2.77. The Morgan fingerprint density at radius 2 is 1.93 bits per heavy atom. The predicted molar refractivity (Wildman–Crippen MR) is 103 cm³/mol. The Morgan fingerprint density at radius 1 is 1.21 bits per heavy atom. The maximum absolute atomic E-state index is 12.6. The summed E-state index contributed by atoms with van der Waals surface area (Å²) < 4.78 is 38.5. The van der Waals surface area contributed by atoms with Crippen molar-refractivity contribution in [2.75, 3.05) is 13.7 Å². The number of fused-ring (bicyclic) bond motifs is 1. The van der Waals surface area contributed by atoms with E-state index in [-0.39, 0.29) is 29.5 Å². The van der Waals surface area contributed by atoms with Gasteiger partial charge in [-0.3, -0.25) is 9.36 Å². The first-order valence-corrected chi connectivity index (χ1v) is 10.0. The van der Waals surface area contributed by atoms with Crippen LogP contribution < -0.4 is 10.5 Å². The summed E-state index contributed by atoms with van der Waals surface area (Å²) in [6, 6.07) is 13.6. The molecule has 1 aromatic heterocycles. The molecule has 2 aromatic carbocycles. The van der Waals surface area contributed by atoms with Gasteiger partial charge in [-0.15, -0.1) is 0 Å². The smallest absolute Gasteiger partial charge is 0.420 e. The number of aromatic nitrogens is 1. The molecule has 0 aliphatic carbocycles. The highest BCUT2D eigenvalue weighted by Crippen LogP contribution is 2.20. The second-order valence-corrected chi connectivity index (χ2v) is 8.09. The average molecular weight is 404 g/mol. The molecule has 0 bridgehead atoms. The third-order valence-corrected chi connectivity index (χ3v) is 5.83. The molecule has 0 amide bonds. The van der Waals surface area contributed by atoms with Crippen molar-refractivity contribution in [3.63, 3.8) is 0 Å². The molecule has 0 unspecified atom stereocenters. The van der Waals surface area contributed by atoms with Gasteiger partial charge in [0.25, 0.3) is 0 Å². The number of ether oxygens (including phenoxy) is 1. The van der Waals surface area contributed by atoms with Crippen molar-refractivity contribution in [3.05, 3.63) is 64.6 Å². The van der Waals surface area contributed by atoms with Crippen LogP contribution >= 0.6 is 0 Å². The van der Waals surface area contributed by atoms with Crippen molar-refractivity contribution in [2.45, 2.75) is 24.3 Å². The Balaban J connectivity index is 1.82. The van der Waals surface area contributed by atoms with E-state index in [0.29, 0.717) is 5.52 Å². The van der Waals surface area contributed by atoms with Gasteiger partial charge in [-0.2, -0.15) is 0 Å². The zero-order valence-corrected chi connectivity index (χ0v) is 16.2. The summed E-state index contributed by atoms with van der Waals surface area (Å²) in [5.74, 6) is -1.39. The molecule has 3 rings (SSSR count). The van der Waals surface area contributed by atoms with E-state index in [0.717, 1.165) is 10.1 Å². The molecule has 0 aliphatic rings. The van der Waals surface area contributed by atoms with E-state index in [1.54, 1.807) is 0 Å². The lowest BCUT2D eigenvalue weighted by Crippen LogP contribution is -2.27. The second kappa shape index (κ2) is 7.99. The molecule has 3 aromatic rings. The Hall–Kier alpha value is -2.91. The summed E-state index contributed by atoms with van der Waals surface area (Å²) in [5, 5.41) is 0. The lowest BCUT2D eigenvalue weighted by Gasteiger charge is -2.13. The first kappa shape index (κ1) is 19.8. The number of sulfonamides is 1. The molecule has 0 saturated carbocycles. The third-order valence-electron chi connectivity index (χ3n) is 4.41. The van der Waals surface area contributed by atoms with Crippen molar-refractivity contribution in [3.8, 4) is 0 Å². The fraction of sp³-hybridized carbons (Fsp3) is 0.263. The molecule has 0 fully saturated rings. The topological polar surface area (TPSA) is 108 Å². The lowest BCUT2D eigenvalue weighted by molar-refractivity contribution is -0.141. The number of benzene rings is 2. The van der Waals surface area contributed by atoms with Crippen LogP contribution in [0, 0.1) is 0 Å². The standard InChI is InChI=1S/C19H20N2O6S/c1-13(14-6-4-3-5-7-14)11-20-28(24,25)15-8-9-16-17(10-15)27-19(23)21(16)12-18(22)26-2/h3-10,13,20H,11-12H2,1-2H3/t13-/m0/s1. The van der Waals surface area contributed by atoms with Gasteiger partial charge in [-0.05, 0) is 23.6 Å². The molecule has 8 nitrogen and oxygen atoms in total. The first-order valence-electron chi connectivity index (χ1n) is 8.56. The maximum Gasteiger partial charge on any atom is 0.420 e. The molecule has 0 saturated heterocycles. The van der Waals surface area contributed by atoms with Crippen LogP contribution in [0.15, 0.2) is 62.6 Å². The number of nitrogens with zero attached hydrogens (tertiary/aromatic N) is 1. The summed E-state index contributed by atoms with van der Waals surface area (Å²) in [6.45, 7) is 1.83. The Kier molecular flexibility index (Phi) is 5.66. The molecular formula is C19H20N2O6S. The molecular weight excluding hydrogens is 384 g/mol. The minimum atomic E-state index is -3.80. The van der Waals surface area contributed by atoms with Crippen LogP contribution in [0.3, 0.4) is 0 Å². The Bertz CT molecular complexity index is 1150. The van der Waals surface area contributed by atoms with Crippen molar-refractivity contribution in [1.82, 2.24) is 9.29 Å². The highest BCUT2D eigenvalue weighted by molar-refractivity contribution is 7.89. The zero-order valence-electron chi connectivity index (χ0n) is 15.4. The number of hydrogen-bond donors (Lipinski definition) is 1. The lowest BCUT2D eigenvalue weighted by atomic mass is 10.0. The van der Waals surface area contributed by atoms with E-state index in [9.17, 15) is 18.0 Å². The van der Waals surface area contributed by atoms with E-state index in [1.165, 1.54) is 25.3 Å². The number of carbonyl (C=O) groups is 1. The molecule has 1 atom stereocenters. The number of esters is 1. The van der Waals surface area contributed by atoms with Crippen LogP contribution in [-0.4, -0.2) is 32.6 Å². The molecule has 0 radical (unpaired) electrons. The van der Waals surface area contributed by atoms with Crippen molar-refractivity contribution < 1.29 is 22.4 Å². The monoisotopic (exact) mass is 404 g/mol. The Labute approximate surface area is 161 Å². The quantitative estimate of drug-likeness (QED) is 0.602. The van der Waals surface area contributed by atoms with Gasteiger partial charge in [-0.25, -0.2) is 17.9 Å². The number of hydrogen-bond acceptors (Lipinski definition) is 6. The number of carbonyl (C=O) groups excluding carboxylic acids is 1. The predicted octanol–water partition coefficient (Wildman–Crippen LogP) is 1.85. The number of rotatable bonds is 7. The number of methoxy groups -OCH3 is 1. The highest BCUT2D eigenvalue weighted by atomic mass is 32.2. The first-order chi connectivity index (χ1) is 13.3. The highest BCUT2D eigenvalue weighted by Gasteiger charge is 2.19. The van der Waals surface area contributed by atoms with E-state index >= 15 is 0 Å². The molecule has 148 valence electrons. The van der Waals surface area contributed by atoms with Crippen LogP contribution in [-0.2, 0) is 26.1 Å². The van der Waals surface area contributed by atoms with Gasteiger partial charge < -0.3 is 9.15 Å². The van der Waals surface area contributed by atoms with Crippen LogP contribution in [0.4, 0.5) is 0 Å². The normalized spacial score (nSPS) is 12.8. The van der Waals surface area contributed by atoms with Gasteiger partial charge in [0.2, 0.25) is 10.0 Å². The summed E-state index contributed by atoms with van der Waals surface area (Å²) in [4.78, 5) is 23.4. The van der Waals surface area contributed by atoms with E-state index in [2.05, 4.69) is 9.46 Å². The average Bonchev–Trinajstić information content (AvgIpc) is 3.01. The van der Waals surface area contributed by atoms with Crippen molar-refractivity contribution >= 4 is 27.1 Å². The summed E-state index contributed by atoms with van der Waals surface area (Å²) >= 11 is 0. The van der Waals surface area contributed by atoms with Gasteiger partial charge in [-0.1, -0.05) is 37.3 Å². The second-order valence-electron chi connectivity index (χ2n) is 6.32. The minimum absolute atomic E-state index is 0.0150. The van der Waals surface area contributed by atoms with Crippen LogP contribution in [0.2, 0.25) is 0 Å². The minimum Gasteiger partial charge on any atom is -0.468 e. The molecule has 9 heteroatoms.